The van der Waals surface area contributed by atoms with Crippen molar-refractivity contribution in [3.63, 3.8) is 0 Å². The van der Waals surface area contributed by atoms with Gasteiger partial charge < -0.3 is 9.88 Å². The minimum Gasteiger partial charge on any atom is -0.351 e. The summed E-state index contributed by atoms with van der Waals surface area (Å²) in [4.78, 5) is 20.8. The normalized spacial score (nSPS) is 11.7. The monoisotopic (exact) mass is 346 g/mol. The molecule has 0 aromatic carbocycles. The lowest BCUT2D eigenvalue weighted by Crippen LogP contribution is -2.27. The first-order valence-electron chi connectivity index (χ1n) is 7.11. The lowest BCUT2D eigenvalue weighted by atomic mass is 10.3. The summed E-state index contributed by atoms with van der Waals surface area (Å²) in [6.07, 6.45) is -0.703. The highest BCUT2D eigenvalue weighted by Crippen LogP contribution is 2.19. The number of alkyl halides is 3. The number of thiazole rings is 1. The molecule has 0 radical (unpaired) electrons. The Morgan fingerprint density at radius 3 is 2.78 bits per heavy atom. The van der Waals surface area contributed by atoms with Gasteiger partial charge in [-0.15, -0.1) is 11.3 Å². The number of amides is 1. The van der Waals surface area contributed by atoms with E-state index in [1.165, 1.54) is 23.7 Å². The van der Waals surface area contributed by atoms with Gasteiger partial charge >= 0.3 is 6.18 Å². The molecule has 0 aliphatic carbocycles. The predicted octanol–water partition coefficient (Wildman–Crippen LogP) is 2.75. The van der Waals surface area contributed by atoms with E-state index < -0.39 is 12.7 Å². The van der Waals surface area contributed by atoms with Gasteiger partial charge in [0.15, 0.2) is 0 Å². The van der Waals surface area contributed by atoms with E-state index in [9.17, 15) is 18.0 Å². The Bertz CT molecular complexity index is 678. The van der Waals surface area contributed by atoms with Gasteiger partial charge in [0.1, 0.15) is 17.2 Å². The molecule has 126 valence electrons. The summed E-state index contributed by atoms with van der Waals surface area (Å²) in [7, 11) is 0. The molecule has 0 saturated heterocycles. The van der Waals surface area contributed by atoms with Crippen LogP contribution in [0.25, 0.3) is 0 Å². The summed E-state index contributed by atoms with van der Waals surface area (Å²) in [5.41, 5.74) is 0.669. The Kier molecular flexibility index (Phi) is 5.40. The van der Waals surface area contributed by atoms with Crippen LogP contribution in [0, 0.1) is 6.92 Å². The van der Waals surface area contributed by atoms with Crippen LogP contribution in [-0.4, -0.2) is 33.2 Å². The van der Waals surface area contributed by atoms with Crippen LogP contribution in [0.3, 0.4) is 0 Å². The molecule has 0 bridgehead atoms. The lowest BCUT2D eigenvalue weighted by Gasteiger charge is -2.10. The second kappa shape index (κ2) is 7.12. The van der Waals surface area contributed by atoms with Crippen molar-refractivity contribution in [3.05, 3.63) is 33.8 Å². The van der Waals surface area contributed by atoms with Crippen molar-refractivity contribution in [2.75, 3.05) is 6.54 Å². The van der Waals surface area contributed by atoms with Crippen molar-refractivity contribution in [2.24, 2.45) is 0 Å². The number of aryl methyl sites for hydroxylation is 2. The van der Waals surface area contributed by atoms with E-state index in [-0.39, 0.29) is 24.7 Å². The molecule has 2 aromatic heterocycles. The van der Waals surface area contributed by atoms with E-state index in [0.29, 0.717) is 10.6 Å². The molecule has 23 heavy (non-hydrogen) atoms. The standard InChI is InChI=1S/C14H17F3N4OS/c1-3-11-20-9(2)12(23-11)13(22)19-5-4-10-18-6-7-21(10)8-14(15,16)17/h6-7H,3-5,8H2,1-2H3,(H,19,22). The molecule has 0 aliphatic rings. The summed E-state index contributed by atoms with van der Waals surface area (Å²) in [6, 6.07) is 0. The Morgan fingerprint density at radius 2 is 2.17 bits per heavy atom. The maximum absolute atomic E-state index is 12.4. The van der Waals surface area contributed by atoms with Crippen LogP contribution >= 0.6 is 11.3 Å². The van der Waals surface area contributed by atoms with Crippen LogP contribution < -0.4 is 5.32 Å². The SMILES string of the molecule is CCc1nc(C)c(C(=O)NCCc2nccn2CC(F)(F)F)s1. The fraction of sp³-hybridized carbons (Fsp3) is 0.500. The maximum atomic E-state index is 12.4. The third-order valence-electron chi connectivity index (χ3n) is 3.14. The number of halogens is 3. The van der Waals surface area contributed by atoms with Gasteiger partial charge in [0, 0.05) is 25.4 Å². The summed E-state index contributed by atoms with van der Waals surface area (Å²) in [5.74, 6) is 0.0338. The summed E-state index contributed by atoms with van der Waals surface area (Å²) >= 11 is 1.33. The number of carbonyl (C=O) groups excluding carboxylic acids is 1. The molecule has 2 heterocycles. The fourth-order valence-corrected chi connectivity index (χ4v) is 3.01. The van der Waals surface area contributed by atoms with Gasteiger partial charge in [-0.1, -0.05) is 6.92 Å². The van der Waals surface area contributed by atoms with Gasteiger partial charge in [-0.2, -0.15) is 13.2 Å². The van der Waals surface area contributed by atoms with Crippen LogP contribution in [0.1, 0.15) is 33.1 Å². The van der Waals surface area contributed by atoms with E-state index in [2.05, 4.69) is 15.3 Å². The first kappa shape index (κ1) is 17.5. The van der Waals surface area contributed by atoms with Crippen LogP contribution in [0.15, 0.2) is 12.4 Å². The molecular formula is C14H17F3N4OS. The minimum atomic E-state index is -4.30. The van der Waals surface area contributed by atoms with Crippen LogP contribution in [0.4, 0.5) is 13.2 Å². The molecule has 9 heteroatoms. The number of rotatable bonds is 6. The number of hydrogen-bond donors (Lipinski definition) is 1. The van der Waals surface area contributed by atoms with E-state index in [0.717, 1.165) is 16.0 Å². The third kappa shape index (κ3) is 4.78. The zero-order valence-electron chi connectivity index (χ0n) is 12.8. The van der Waals surface area contributed by atoms with Crippen molar-refractivity contribution in [2.45, 2.75) is 39.4 Å². The fourth-order valence-electron chi connectivity index (χ4n) is 2.09. The predicted molar refractivity (Wildman–Crippen MR) is 80.5 cm³/mol. The molecule has 0 atom stereocenters. The molecule has 0 spiro atoms. The number of nitrogens with one attached hydrogen (secondary N) is 1. The lowest BCUT2D eigenvalue weighted by molar-refractivity contribution is -0.141. The van der Waals surface area contributed by atoms with Gasteiger partial charge in [0.2, 0.25) is 0 Å². The smallest absolute Gasteiger partial charge is 0.351 e. The average molecular weight is 346 g/mol. The first-order valence-corrected chi connectivity index (χ1v) is 7.93. The molecule has 2 aromatic rings. The number of hydrogen-bond acceptors (Lipinski definition) is 4. The maximum Gasteiger partial charge on any atom is 0.406 e. The Hall–Kier alpha value is -1.90. The topological polar surface area (TPSA) is 59.8 Å². The molecule has 1 N–H and O–H groups in total. The molecular weight excluding hydrogens is 329 g/mol. The van der Waals surface area contributed by atoms with Gasteiger partial charge in [-0.3, -0.25) is 4.79 Å². The second-order valence-electron chi connectivity index (χ2n) is 4.97. The zero-order valence-corrected chi connectivity index (χ0v) is 13.6. The van der Waals surface area contributed by atoms with E-state index in [1.807, 2.05) is 6.92 Å². The molecule has 1 amide bonds. The van der Waals surface area contributed by atoms with Crippen molar-refractivity contribution >= 4 is 17.2 Å². The minimum absolute atomic E-state index is 0.215. The third-order valence-corrected chi connectivity index (χ3v) is 4.44. The van der Waals surface area contributed by atoms with Gasteiger partial charge in [0.25, 0.3) is 5.91 Å². The number of nitrogens with zero attached hydrogens (tertiary/aromatic N) is 3. The Morgan fingerprint density at radius 1 is 1.43 bits per heavy atom. The average Bonchev–Trinajstić information content (AvgIpc) is 3.03. The summed E-state index contributed by atoms with van der Waals surface area (Å²) in [5, 5.41) is 3.59. The first-order chi connectivity index (χ1) is 10.8. The summed E-state index contributed by atoms with van der Waals surface area (Å²) in [6.45, 7) is 2.86. The Labute approximate surface area is 135 Å². The van der Waals surface area contributed by atoms with Crippen LogP contribution in [0.5, 0.6) is 0 Å². The largest absolute Gasteiger partial charge is 0.406 e. The van der Waals surface area contributed by atoms with Crippen LogP contribution in [-0.2, 0) is 19.4 Å². The molecule has 2 rings (SSSR count). The molecule has 0 fully saturated rings. The zero-order chi connectivity index (χ0) is 17.0. The van der Waals surface area contributed by atoms with Gasteiger partial charge in [0.05, 0.1) is 10.7 Å². The molecule has 0 aliphatic heterocycles. The number of aromatic nitrogens is 3. The highest BCUT2D eigenvalue weighted by Gasteiger charge is 2.28. The van der Waals surface area contributed by atoms with Crippen molar-refractivity contribution in [1.82, 2.24) is 19.9 Å². The second-order valence-corrected chi connectivity index (χ2v) is 6.05. The van der Waals surface area contributed by atoms with Gasteiger partial charge in [-0.05, 0) is 13.3 Å². The molecule has 0 unspecified atom stereocenters. The number of imidazole rings is 1. The van der Waals surface area contributed by atoms with Crippen LogP contribution in [0.2, 0.25) is 0 Å². The van der Waals surface area contributed by atoms with E-state index in [4.69, 9.17) is 0 Å². The van der Waals surface area contributed by atoms with Crippen molar-refractivity contribution in [3.8, 4) is 0 Å². The van der Waals surface area contributed by atoms with Gasteiger partial charge in [-0.25, -0.2) is 9.97 Å². The Balaban J connectivity index is 1.91. The van der Waals surface area contributed by atoms with Crippen molar-refractivity contribution in [1.29, 1.82) is 0 Å². The van der Waals surface area contributed by atoms with E-state index in [1.54, 1.807) is 6.92 Å². The summed E-state index contributed by atoms with van der Waals surface area (Å²) < 4.78 is 38.3. The molecule has 0 saturated carbocycles. The molecule has 5 nitrogen and oxygen atoms in total. The van der Waals surface area contributed by atoms with E-state index >= 15 is 0 Å². The highest BCUT2D eigenvalue weighted by molar-refractivity contribution is 7.13. The highest BCUT2D eigenvalue weighted by atomic mass is 32.1. The number of carbonyl (C=O) groups is 1. The quantitative estimate of drug-likeness (QED) is 0.875. The van der Waals surface area contributed by atoms with Crippen molar-refractivity contribution < 1.29 is 18.0 Å².